The van der Waals surface area contributed by atoms with Crippen LogP contribution in [0.1, 0.15) is 5.56 Å². The summed E-state index contributed by atoms with van der Waals surface area (Å²) in [5, 5.41) is 10.5. The Morgan fingerprint density at radius 1 is 0.815 bits per heavy atom. The minimum atomic E-state index is -0.535. The SMILES string of the molecule is C[N+](C)(Cc1ccccc1)C[C@H](O)COc1ccccc1-c1ccccc1. The van der Waals surface area contributed by atoms with Crippen LogP contribution in [0.3, 0.4) is 0 Å². The largest absolute Gasteiger partial charge is 0.490 e. The Morgan fingerprint density at radius 3 is 2.11 bits per heavy atom. The Balaban J connectivity index is 1.60. The van der Waals surface area contributed by atoms with Gasteiger partial charge < -0.3 is 14.3 Å². The van der Waals surface area contributed by atoms with Gasteiger partial charge in [-0.2, -0.15) is 0 Å². The van der Waals surface area contributed by atoms with Crippen LogP contribution in [0.4, 0.5) is 0 Å². The van der Waals surface area contributed by atoms with Gasteiger partial charge in [0.05, 0.1) is 14.1 Å². The highest BCUT2D eigenvalue weighted by molar-refractivity contribution is 5.70. The molecule has 0 unspecified atom stereocenters. The molecule has 3 nitrogen and oxygen atoms in total. The zero-order valence-corrected chi connectivity index (χ0v) is 16.1. The molecule has 1 N–H and O–H groups in total. The average molecular weight is 362 g/mol. The van der Waals surface area contributed by atoms with E-state index >= 15 is 0 Å². The molecule has 3 rings (SSSR count). The highest BCUT2D eigenvalue weighted by Crippen LogP contribution is 2.29. The van der Waals surface area contributed by atoms with E-state index < -0.39 is 6.10 Å². The number of likely N-dealkylation sites (N-methyl/N-ethyl adjacent to an activating group) is 1. The number of nitrogens with zero attached hydrogens (tertiary/aromatic N) is 1. The van der Waals surface area contributed by atoms with Gasteiger partial charge in [-0.3, -0.25) is 0 Å². The second kappa shape index (κ2) is 8.85. The van der Waals surface area contributed by atoms with E-state index in [-0.39, 0.29) is 6.61 Å². The second-order valence-electron chi connectivity index (χ2n) is 7.59. The van der Waals surface area contributed by atoms with Gasteiger partial charge in [-0.15, -0.1) is 0 Å². The molecule has 3 aromatic rings. The molecule has 0 radical (unpaired) electrons. The number of aliphatic hydroxyl groups excluding tert-OH is 1. The molecule has 0 heterocycles. The smallest absolute Gasteiger partial charge is 0.137 e. The third-order valence-corrected chi connectivity index (χ3v) is 4.56. The zero-order chi connectivity index (χ0) is 19.1. The lowest BCUT2D eigenvalue weighted by Gasteiger charge is -2.32. The monoisotopic (exact) mass is 362 g/mol. The molecule has 27 heavy (non-hydrogen) atoms. The zero-order valence-electron chi connectivity index (χ0n) is 16.1. The number of aliphatic hydroxyl groups is 1. The van der Waals surface area contributed by atoms with Crippen molar-refractivity contribution in [3.8, 4) is 16.9 Å². The first-order valence-corrected chi connectivity index (χ1v) is 9.35. The highest BCUT2D eigenvalue weighted by atomic mass is 16.5. The molecule has 0 aliphatic heterocycles. The summed E-state index contributed by atoms with van der Waals surface area (Å²) in [4.78, 5) is 0. The maximum absolute atomic E-state index is 10.5. The third-order valence-electron chi connectivity index (χ3n) is 4.56. The van der Waals surface area contributed by atoms with E-state index in [0.717, 1.165) is 23.4 Å². The summed E-state index contributed by atoms with van der Waals surface area (Å²) in [6, 6.07) is 28.5. The van der Waals surface area contributed by atoms with E-state index in [2.05, 4.69) is 50.5 Å². The third kappa shape index (κ3) is 5.68. The number of ether oxygens (including phenoxy) is 1. The Kier molecular flexibility index (Phi) is 6.28. The molecule has 0 saturated heterocycles. The Morgan fingerprint density at radius 2 is 1.41 bits per heavy atom. The predicted molar refractivity (Wildman–Crippen MR) is 111 cm³/mol. The van der Waals surface area contributed by atoms with Gasteiger partial charge in [-0.25, -0.2) is 0 Å². The summed E-state index contributed by atoms with van der Waals surface area (Å²) >= 11 is 0. The van der Waals surface area contributed by atoms with Crippen molar-refractivity contribution in [2.75, 3.05) is 27.2 Å². The molecule has 0 amide bonds. The van der Waals surface area contributed by atoms with Crippen molar-refractivity contribution in [2.24, 2.45) is 0 Å². The van der Waals surface area contributed by atoms with E-state index in [1.807, 2.05) is 48.5 Å². The first-order chi connectivity index (χ1) is 13.0. The molecule has 0 fully saturated rings. The minimum absolute atomic E-state index is 0.278. The maximum atomic E-state index is 10.5. The van der Waals surface area contributed by atoms with Gasteiger partial charge >= 0.3 is 0 Å². The number of hydrogen-bond acceptors (Lipinski definition) is 2. The van der Waals surface area contributed by atoms with Crippen molar-refractivity contribution >= 4 is 0 Å². The summed E-state index contributed by atoms with van der Waals surface area (Å²) in [5.41, 5.74) is 3.43. The number of rotatable bonds is 8. The van der Waals surface area contributed by atoms with E-state index in [1.165, 1.54) is 5.56 Å². The lowest BCUT2D eigenvalue weighted by atomic mass is 10.1. The van der Waals surface area contributed by atoms with Gasteiger partial charge in [0.2, 0.25) is 0 Å². The Labute approximate surface area is 162 Å². The first-order valence-electron chi connectivity index (χ1n) is 9.35. The fraction of sp³-hybridized carbons (Fsp3) is 0.250. The molecule has 0 spiro atoms. The van der Waals surface area contributed by atoms with Gasteiger partial charge in [0.1, 0.15) is 31.5 Å². The molecule has 0 aromatic heterocycles. The topological polar surface area (TPSA) is 29.5 Å². The van der Waals surface area contributed by atoms with Crippen LogP contribution in [0.2, 0.25) is 0 Å². The number of hydrogen-bond donors (Lipinski definition) is 1. The molecule has 3 aromatic carbocycles. The molecule has 0 bridgehead atoms. The van der Waals surface area contributed by atoms with Crippen LogP contribution in [0.15, 0.2) is 84.9 Å². The van der Waals surface area contributed by atoms with Crippen molar-refractivity contribution in [2.45, 2.75) is 12.6 Å². The van der Waals surface area contributed by atoms with E-state index in [4.69, 9.17) is 4.74 Å². The average Bonchev–Trinajstić information content (AvgIpc) is 2.67. The fourth-order valence-corrected chi connectivity index (χ4v) is 3.40. The van der Waals surface area contributed by atoms with Crippen molar-refractivity contribution in [1.29, 1.82) is 0 Å². The van der Waals surface area contributed by atoms with Crippen LogP contribution in [0.5, 0.6) is 5.75 Å². The van der Waals surface area contributed by atoms with E-state index in [0.29, 0.717) is 11.0 Å². The van der Waals surface area contributed by atoms with Gasteiger partial charge in [0.25, 0.3) is 0 Å². The van der Waals surface area contributed by atoms with Crippen LogP contribution < -0.4 is 4.74 Å². The quantitative estimate of drug-likeness (QED) is 0.603. The molecule has 0 saturated carbocycles. The van der Waals surface area contributed by atoms with Crippen LogP contribution in [-0.4, -0.2) is 42.9 Å². The highest BCUT2D eigenvalue weighted by Gasteiger charge is 2.22. The fourth-order valence-electron chi connectivity index (χ4n) is 3.40. The van der Waals surface area contributed by atoms with Crippen LogP contribution >= 0.6 is 0 Å². The van der Waals surface area contributed by atoms with E-state index in [9.17, 15) is 5.11 Å². The molecule has 1 atom stereocenters. The first kappa shape index (κ1) is 19.2. The summed E-state index contributed by atoms with van der Waals surface area (Å²) in [6.45, 7) is 1.78. The van der Waals surface area contributed by atoms with Crippen LogP contribution in [-0.2, 0) is 6.54 Å². The second-order valence-corrected chi connectivity index (χ2v) is 7.59. The number of para-hydroxylation sites is 1. The van der Waals surface area contributed by atoms with E-state index in [1.54, 1.807) is 0 Å². The lowest BCUT2D eigenvalue weighted by Crippen LogP contribution is -2.46. The lowest BCUT2D eigenvalue weighted by molar-refractivity contribution is -0.906. The molecule has 0 aliphatic rings. The normalized spacial score (nSPS) is 12.6. The number of quaternary nitrogens is 1. The van der Waals surface area contributed by atoms with Crippen molar-refractivity contribution in [1.82, 2.24) is 0 Å². The van der Waals surface area contributed by atoms with Crippen molar-refractivity contribution in [3.05, 3.63) is 90.5 Å². The van der Waals surface area contributed by atoms with Gasteiger partial charge in [-0.05, 0) is 11.6 Å². The molecule has 0 aliphatic carbocycles. The van der Waals surface area contributed by atoms with Crippen molar-refractivity contribution in [3.63, 3.8) is 0 Å². The van der Waals surface area contributed by atoms with Crippen LogP contribution in [0, 0.1) is 0 Å². The van der Waals surface area contributed by atoms with Gasteiger partial charge in [0, 0.05) is 11.1 Å². The standard InChI is InChI=1S/C24H28NO2/c1-25(2,17-20-11-5-3-6-12-20)18-22(26)19-27-24-16-10-9-15-23(24)21-13-7-4-8-14-21/h3-16,22,26H,17-19H2,1-2H3/q+1/t22-/m0/s1. The Bertz CT molecular complexity index is 831. The molecule has 3 heteroatoms. The summed E-state index contributed by atoms with van der Waals surface area (Å²) in [7, 11) is 4.27. The summed E-state index contributed by atoms with van der Waals surface area (Å²) in [5.74, 6) is 0.802. The van der Waals surface area contributed by atoms with Crippen molar-refractivity contribution < 1.29 is 14.3 Å². The Hall–Kier alpha value is -2.62. The minimum Gasteiger partial charge on any atom is -0.490 e. The van der Waals surface area contributed by atoms with Crippen LogP contribution in [0.25, 0.3) is 11.1 Å². The maximum Gasteiger partial charge on any atom is 0.137 e. The predicted octanol–water partition coefficient (Wildman–Crippen LogP) is 4.37. The summed E-state index contributed by atoms with van der Waals surface area (Å²) in [6.07, 6.45) is -0.535. The summed E-state index contributed by atoms with van der Waals surface area (Å²) < 4.78 is 6.69. The van der Waals surface area contributed by atoms with Gasteiger partial charge in [-0.1, -0.05) is 78.9 Å². The van der Waals surface area contributed by atoms with Gasteiger partial charge in [0.15, 0.2) is 0 Å². The number of benzene rings is 3. The molecular formula is C24H28NO2+. The molecular weight excluding hydrogens is 334 g/mol. The molecule has 140 valence electrons.